The molecule has 5 heteroatoms. The molecule has 0 aromatic heterocycles. The molecule has 24 heavy (non-hydrogen) atoms. The third-order valence-electron chi connectivity index (χ3n) is 4.10. The zero-order chi connectivity index (χ0) is 17.1. The summed E-state index contributed by atoms with van der Waals surface area (Å²) in [4.78, 5) is 12.4. The monoisotopic (exact) mass is 385 g/mol. The molecule has 0 spiro atoms. The van der Waals surface area contributed by atoms with E-state index in [9.17, 15) is 4.79 Å². The van der Waals surface area contributed by atoms with E-state index in [2.05, 4.69) is 26.3 Å². The van der Waals surface area contributed by atoms with Crippen molar-refractivity contribution in [3.8, 4) is 0 Å². The van der Waals surface area contributed by atoms with Gasteiger partial charge in [-0.05, 0) is 55.8 Å². The van der Waals surface area contributed by atoms with E-state index in [1.54, 1.807) is 0 Å². The molecule has 0 radical (unpaired) electrons. The van der Waals surface area contributed by atoms with Crippen molar-refractivity contribution < 1.29 is 4.79 Å². The molecular weight excluding hydrogens is 366 g/mol. The normalized spacial score (nSPS) is 15.1. The lowest BCUT2D eigenvalue weighted by Gasteiger charge is -2.16. The number of carbonyl (C=O) groups excluding carboxylic acids is 1. The largest absolute Gasteiger partial charge is 0.346 e. The quantitative estimate of drug-likeness (QED) is 0.840. The predicted octanol–water partition coefficient (Wildman–Crippen LogP) is 4.53. The van der Waals surface area contributed by atoms with Crippen LogP contribution in [-0.2, 0) is 0 Å². The van der Waals surface area contributed by atoms with Gasteiger partial charge in [-0.1, -0.05) is 28.1 Å². The average Bonchev–Trinajstić information content (AvgIpc) is 3.01. The number of rotatable bonds is 4. The van der Waals surface area contributed by atoms with Crippen LogP contribution in [0, 0.1) is 0 Å². The second-order valence-electron chi connectivity index (χ2n) is 6.01. The highest BCUT2D eigenvalue weighted by Gasteiger charge is 2.15. The number of carbonyl (C=O) groups is 1. The second kappa shape index (κ2) is 7.18. The Balaban J connectivity index is 1.67. The summed E-state index contributed by atoms with van der Waals surface area (Å²) in [5.74, 6) is -0.0740. The molecule has 1 aliphatic heterocycles. The van der Waals surface area contributed by atoms with Crippen molar-refractivity contribution in [1.29, 1.82) is 0 Å². The first-order valence-electron chi connectivity index (χ1n) is 8.01. The zero-order valence-corrected chi connectivity index (χ0v) is 15.4. The highest BCUT2D eigenvalue weighted by Crippen LogP contribution is 2.21. The van der Waals surface area contributed by atoms with Gasteiger partial charge in [-0.3, -0.25) is 9.80 Å². The van der Waals surface area contributed by atoms with Gasteiger partial charge < -0.3 is 5.32 Å². The Labute approximate surface area is 150 Å². The Morgan fingerprint density at radius 1 is 1.25 bits per heavy atom. The van der Waals surface area contributed by atoms with Crippen LogP contribution in [0.3, 0.4) is 0 Å². The Hall–Kier alpha value is -2.14. The van der Waals surface area contributed by atoms with E-state index in [-0.39, 0.29) is 11.9 Å². The minimum absolute atomic E-state index is 0.0551. The molecule has 1 atom stereocenters. The third-order valence-corrected chi connectivity index (χ3v) is 4.59. The maximum Gasteiger partial charge on any atom is 0.251 e. The van der Waals surface area contributed by atoms with Gasteiger partial charge in [0.15, 0.2) is 0 Å². The summed E-state index contributed by atoms with van der Waals surface area (Å²) in [5.41, 5.74) is 3.87. The van der Waals surface area contributed by atoms with Crippen molar-refractivity contribution in [3.63, 3.8) is 0 Å². The fraction of sp³-hybridized carbons (Fsp3) is 0.263. The van der Waals surface area contributed by atoms with Gasteiger partial charge >= 0.3 is 0 Å². The molecule has 0 fully saturated rings. The number of amides is 1. The molecule has 1 heterocycles. The fourth-order valence-electron chi connectivity index (χ4n) is 2.68. The van der Waals surface area contributed by atoms with E-state index in [1.807, 2.05) is 67.4 Å². The van der Waals surface area contributed by atoms with Crippen molar-refractivity contribution in [2.75, 3.05) is 11.6 Å². The molecule has 3 rings (SSSR count). The van der Waals surface area contributed by atoms with Crippen molar-refractivity contribution in [1.82, 2.24) is 5.32 Å². The Morgan fingerprint density at radius 2 is 2.00 bits per heavy atom. The lowest BCUT2D eigenvalue weighted by Crippen LogP contribution is -2.26. The molecule has 124 valence electrons. The van der Waals surface area contributed by atoms with Gasteiger partial charge in [0.2, 0.25) is 0 Å². The molecular formula is C19H20BrN3O. The maximum absolute atomic E-state index is 12.4. The molecule has 0 saturated heterocycles. The lowest BCUT2D eigenvalue weighted by atomic mass is 10.1. The molecule has 4 nitrogen and oxygen atoms in total. The summed E-state index contributed by atoms with van der Waals surface area (Å²) < 4.78 is 1.01. The smallest absolute Gasteiger partial charge is 0.251 e. The zero-order valence-electron chi connectivity index (χ0n) is 13.8. The molecule has 0 bridgehead atoms. The van der Waals surface area contributed by atoms with Gasteiger partial charge in [0, 0.05) is 28.7 Å². The lowest BCUT2D eigenvalue weighted by molar-refractivity contribution is 0.0940. The van der Waals surface area contributed by atoms with Crippen LogP contribution in [0.4, 0.5) is 5.69 Å². The van der Waals surface area contributed by atoms with E-state index in [4.69, 9.17) is 0 Å². The molecule has 0 aliphatic carbocycles. The molecule has 0 saturated carbocycles. The number of benzene rings is 2. The van der Waals surface area contributed by atoms with Crippen molar-refractivity contribution >= 4 is 33.2 Å². The van der Waals surface area contributed by atoms with Gasteiger partial charge in [0.25, 0.3) is 5.91 Å². The van der Waals surface area contributed by atoms with Crippen LogP contribution in [0.1, 0.15) is 42.2 Å². The number of anilines is 1. The molecule has 1 unspecified atom stereocenters. The van der Waals surface area contributed by atoms with Crippen LogP contribution >= 0.6 is 15.9 Å². The second-order valence-corrected chi connectivity index (χ2v) is 6.92. The molecule has 1 N–H and O–H groups in total. The summed E-state index contributed by atoms with van der Waals surface area (Å²) in [5, 5.41) is 9.48. The van der Waals surface area contributed by atoms with E-state index < -0.39 is 0 Å². The Kier molecular flexibility index (Phi) is 5.00. The average molecular weight is 386 g/mol. The number of nitrogens with one attached hydrogen (secondary N) is 1. The first-order valence-corrected chi connectivity index (χ1v) is 8.80. The first-order chi connectivity index (χ1) is 11.5. The topological polar surface area (TPSA) is 44.7 Å². The van der Waals surface area contributed by atoms with Crippen molar-refractivity contribution in [2.45, 2.75) is 26.3 Å². The minimum Gasteiger partial charge on any atom is -0.346 e. The predicted molar refractivity (Wildman–Crippen MR) is 102 cm³/mol. The van der Waals surface area contributed by atoms with E-state index in [0.29, 0.717) is 5.56 Å². The highest BCUT2D eigenvalue weighted by molar-refractivity contribution is 9.10. The molecule has 2 aromatic carbocycles. The van der Waals surface area contributed by atoms with Crippen LogP contribution in [0.15, 0.2) is 58.1 Å². The van der Waals surface area contributed by atoms with Crippen LogP contribution in [0.25, 0.3) is 0 Å². The summed E-state index contributed by atoms with van der Waals surface area (Å²) in [6.45, 7) is 4.91. The standard InChI is InChI=1S/C19H20BrN3O/c1-13-10-11-23(22-13)18-8-6-15(7-9-18)19(24)21-14(2)16-4-3-5-17(20)12-16/h3-9,12,14H,10-11H2,1-2H3,(H,21,24). The van der Waals surface area contributed by atoms with Crippen molar-refractivity contribution in [3.05, 3.63) is 64.1 Å². The SMILES string of the molecule is CC1=NN(c2ccc(C(=O)NC(C)c3cccc(Br)c3)cc2)CC1. The van der Waals surface area contributed by atoms with Gasteiger partial charge in [-0.2, -0.15) is 5.10 Å². The molecule has 1 aliphatic rings. The fourth-order valence-corrected chi connectivity index (χ4v) is 3.10. The van der Waals surface area contributed by atoms with Gasteiger partial charge in [0.1, 0.15) is 0 Å². The number of halogens is 1. The Morgan fingerprint density at radius 3 is 2.62 bits per heavy atom. The van der Waals surface area contributed by atoms with Crippen molar-refractivity contribution in [2.24, 2.45) is 5.10 Å². The first kappa shape index (κ1) is 16.7. The van der Waals surface area contributed by atoms with Crippen LogP contribution in [0.5, 0.6) is 0 Å². The van der Waals surface area contributed by atoms with Gasteiger partial charge in [-0.25, -0.2) is 0 Å². The van der Waals surface area contributed by atoms with Crippen LogP contribution in [-0.4, -0.2) is 18.2 Å². The molecule has 1 amide bonds. The molecule has 2 aromatic rings. The summed E-state index contributed by atoms with van der Waals surface area (Å²) in [6.07, 6.45) is 0.992. The van der Waals surface area contributed by atoms with Gasteiger partial charge in [-0.15, -0.1) is 0 Å². The number of hydrogen-bond donors (Lipinski definition) is 1. The van der Waals surface area contributed by atoms with Gasteiger partial charge in [0.05, 0.1) is 11.7 Å². The van der Waals surface area contributed by atoms with E-state index in [0.717, 1.165) is 34.4 Å². The number of nitrogens with zero attached hydrogens (tertiary/aromatic N) is 2. The summed E-state index contributed by atoms with van der Waals surface area (Å²) >= 11 is 3.46. The number of hydrazone groups is 1. The maximum atomic E-state index is 12.4. The summed E-state index contributed by atoms with van der Waals surface area (Å²) in [6, 6.07) is 15.5. The van der Waals surface area contributed by atoms with E-state index in [1.165, 1.54) is 0 Å². The summed E-state index contributed by atoms with van der Waals surface area (Å²) in [7, 11) is 0. The van der Waals surface area contributed by atoms with Crippen LogP contribution in [0.2, 0.25) is 0 Å². The highest BCUT2D eigenvalue weighted by atomic mass is 79.9. The Bertz CT molecular complexity index is 770. The third kappa shape index (κ3) is 3.85. The van der Waals surface area contributed by atoms with Crippen LogP contribution < -0.4 is 10.3 Å². The minimum atomic E-state index is -0.0740. The van der Waals surface area contributed by atoms with E-state index >= 15 is 0 Å². The number of hydrogen-bond acceptors (Lipinski definition) is 3.